The summed E-state index contributed by atoms with van der Waals surface area (Å²) in [5, 5.41) is 15.3. The lowest BCUT2D eigenvalue weighted by molar-refractivity contribution is 0.135. The van der Waals surface area contributed by atoms with Crippen molar-refractivity contribution in [2.45, 2.75) is 43.7 Å². The standard InChI is InChI=1S/C16H24N4O2/c21-11-8-16(6-3-7-16)19-15(22)18-13-5-10-20(12-13)14-4-1-2-9-17-14/h1-2,4,9,13,21H,3,5-8,10-12H2,(H2,18,19,22). The zero-order chi connectivity index (χ0) is 15.4. The Morgan fingerprint density at radius 2 is 2.32 bits per heavy atom. The highest BCUT2D eigenvalue weighted by molar-refractivity contribution is 5.75. The first kappa shape index (κ1) is 15.1. The van der Waals surface area contributed by atoms with Gasteiger partial charge in [0.15, 0.2) is 0 Å². The number of carbonyl (C=O) groups is 1. The average Bonchev–Trinajstić information content (AvgIpc) is 2.94. The third-order valence-corrected chi connectivity index (χ3v) is 4.78. The number of pyridine rings is 1. The number of aliphatic hydroxyl groups is 1. The van der Waals surface area contributed by atoms with Gasteiger partial charge in [0.25, 0.3) is 0 Å². The van der Waals surface area contributed by atoms with Gasteiger partial charge in [-0.1, -0.05) is 6.07 Å². The third kappa shape index (κ3) is 3.32. The van der Waals surface area contributed by atoms with Gasteiger partial charge < -0.3 is 20.6 Å². The molecule has 0 spiro atoms. The number of carbonyl (C=O) groups excluding carboxylic acids is 1. The molecule has 0 aromatic carbocycles. The van der Waals surface area contributed by atoms with Gasteiger partial charge in [-0.2, -0.15) is 0 Å². The number of hydrogen-bond acceptors (Lipinski definition) is 4. The molecular weight excluding hydrogens is 280 g/mol. The summed E-state index contributed by atoms with van der Waals surface area (Å²) in [7, 11) is 0. The molecule has 1 saturated carbocycles. The molecular formula is C16H24N4O2. The molecule has 22 heavy (non-hydrogen) atoms. The van der Waals surface area contributed by atoms with E-state index < -0.39 is 0 Å². The first-order valence-corrected chi connectivity index (χ1v) is 8.06. The van der Waals surface area contributed by atoms with Crippen molar-refractivity contribution in [3.8, 4) is 0 Å². The van der Waals surface area contributed by atoms with E-state index in [1.807, 2.05) is 18.2 Å². The lowest BCUT2D eigenvalue weighted by atomic mass is 9.74. The SMILES string of the molecule is O=C(NC1CCN(c2ccccn2)C1)NC1(CCO)CCC1. The zero-order valence-electron chi connectivity index (χ0n) is 12.8. The van der Waals surface area contributed by atoms with Crippen LogP contribution in [-0.4, -0.2) is 47.4 Å². The molecule has 0 radical (unpaired) electrons. The molecule has 6 nitrogen and oxygen atoms in total. The Bertz CT molecular complexity index is 504. The van der Waals surface area contributed by atoms with Crippen LogP contribution in [0.15, 0.2) is 24.4 Å². The number of hydrogen-bond donors (Lipinski definition) is 3. The van der Waals surface area contributed by atoms with Crippen molar-refractivity contribution in [3.63, 3.8) is 0 Å². The van der Waals surface area contributed by atoms with Gasteiger partial charge in [0, 0.05) is 37.5 Å². The predicted molar refractivity (Wildman–Crippen MR) is 84.8 cm³/mol. The highest BCUT2D eigenvalue weighted by Gasteiger charge is 2.38. The fourth-order valence-corrected chi connectivity index (χ4v) is 3.34. The molecule has 3 N–H and O–H groups in total. The first-order valence-electron chi connectivity index (χ1n) is 8.06. The predicted octanol–water partition coefficient (Wildman–Crippen LogP) is 1.26. The smallest absolute Gasteiger partial charge is 0.315 e. The molecule has 6 heteroatoms. The van der Waals surface area contributed by atoms with E-state index in [0.29, 0.717) is 6.42 Å². The minimum atomic E-state index is -0.182. The van der Waals surface area contributed by atoms with Crippen molar-refractivity contribution in [2.24, 2.45) is 0 Å². The van der Waals surface area contributed by atoms with Crippen LogP contribution in [0.25, 0.3) is 0 Å². The maximum atomic E-state index is 12.2. The quantitative estimate of drug-likeness (QED) is 0.765. The van der Waals surface area contributed by atoms with E-state index in [2.05, 4.69) is 20.5 Å². The van der Waals surface area contributed by atoms with Crippen LogP contribution >= 0.6 is 0 Å². The molecule has 0 bridgehead atoms. The summed E-state index contributed by atoms with van der Waals surface area (Å²) in [6.07, 6.45) is 6.41. The fourth-order valence-electron chi connectivity index (χ4n) is 3.34. The van der Waals surface area contributed by atoms with Crippen molar-refractivity contribution in [2.75, 3.05) is 24.6 Å². The molecule has 1 aromatic heterocycles. The molecule has 1 aromatic rings. The minimum absolute atomic E-state index is 0.110. The lowest BCUT2D eigenvalue weighted by Crippen LogP contribution is -2.58. The van der Waals surface area contributed by atoms with Gasteiger partial charge in [0.2, 0.25) is 0 Å². The summed E-state index contributed by atoms with van der Waals surface area (Å²) in [4.78, 5) is 18.7. The summed E-state index contributed by atoms with van der Waals surface area (Å²) in [5.41, 5.74) is -0.182. The highest BCUT2D eigenvalue weighted by atomic mass is 16.3. The number of amides is 2. The van der Waals surface area contributed by atoms with Crippen LogP contribution in [0, 0.1) is 0 Å². The van der Waals surface area contributed by atoms with Gasteiger partial charge in [-0.05, 0) is 44.2 Å². The summed E-state index contributed by atoms with van der Waals surface area (Å²) in [6.45, 7) is 1.82. The van der Waals surface area contributed by atoms with Crippen molar-refractivity contribution in [1.29, 1.82) is 0 Å². The van der Waals surface area contributed by atoms with Crippen LogP contribution in [0.2, 0.25) is 0 Å². The summed E-state index contributed by atoms with van der Waals surface area (Å²) in [5.74, 6) is 0.961. The van der Waals surface area contributed by atoms with Gasteiger partial charge in [-0.25, -0.2) is 9.78 Å². The lowest BCUT2D eigenvalue weighted by Gasteiger charge is -2.42. The Balaban J connectivity index is 1.49. The van der Waals surface area contributed by atoms with E-state index >= 15 is 0 Å². The molecule has 2 heterocycles. The Kier molecular flexibility index (Phi) is 4.47. The second-order valence-corrected chi connectivity index (χ2v) is 6.33. The summed E-state index contributed by atoms with van der Waals surface area (Å²) < 4.78 is 0. The number of aliphatic hydroxyl groups excluding tert-OH is 1. The Labute approximate surface area is 130 Å². The van der Waals surface area contributed by atoms with E-state index in [0.717, 1.165) is 44.6 Å². The van der Waals surface area contributed by atoms with Gasteiger partial charge in [-0.15, -0.1) is 0 Å². The average molecular weight is 304 g/mol. The highest BCUT2D eigenvalue weighted by Crippen LogP contribution is 2.34. The van der Waals surface area contributed by atoms with E-state index in [1.54, 1.807) is 6.20 Å². The maximum absolute atomic E-state index is 12.2. The first-order chi connectivity index (χ1) is 10.7. The molecule has 2 amide bonds. The topological polar surface area (TPSA) is 77.5 Å². The van der Waals surface area contributed by atoms with Crippen LogP contribution in [0.5, 0.6) is 0 Å². The molecule has 1 aliphatic heterocycles. The Morgan fingerprint density at radius 3 is 2.95 bits per heavy atom. The molecule has 3 rings (SSSR count). The zero-order valence-corrected chi connectivity index (χ0v) is 12.8. The molecule has 1 aliphatic carbocycles. The molecule has 120 valence electrons. The normalized spacial score (nSPS) is 23.0. The second kappa shape index (κ2) is 6.52. The van der Waals surface area contributed by atoms with E-state index in [4.69, 9.17) is 5.11 Å². The number of aromatic nitrogens is 1. The van der Waals surface area contributed by atoms with E-state index in [9.17, 15) is 4.79 Å². The number of urea groups is 1. The number of nitrogens with one attached hydrogen (secondary N) is 2. The number of anilines is 1. The molecule has 2 aliphatic rings. The summed E-state index contributed by atoms with van der Waals surface area (Å²) >= 11 is 0. The minimum Gasteiger partial charge on any atom is -0.396 e. The number of nitrogens with zero attached hydrogens (tertiary/aromatic N) is 2. The maximum Gasteiger partial charge on any atom is 0.315 e. The van der Waals surface area contributed by atoms with Crippen molar-refractivity contribution in [3.05, 3.63) is 24.4 Å². The number of rotatable bonds is 5. The monoisotopic (exact) mass is 304 g/mol. The van der Waals surface area contributed by atoms with E-state index in [1.165, 1.54) is 0 Å². The third-order valence-electron chi connectivity index (χ3n) is 4.78. The largest absolute Gasteiger partial charge is 0.396 e. The van der Waals surface area contributed by atoms with Gasteiger partial charge in [-0.3, -0.25) is 0 Å². The van der Waals surface area contributed by atoms with Gasteiger partial charge in [0.1, 0.15) is 5.82 Å². The summed E-state index contributed by atoms with van der Waals surface area (Å²) in [6, 6.07) is 5.91. The Morgan fingerprint density at radius 1 is 1.45 bits per heavy atom. The Hall–Kier alpha value is -1.82. The van der Waals surface area contributed by atoms with Crippen LogP contribution in [-0.2, 0) is 0 Å². The van der Waals surface area contributed by atoms with Crippen LogP contribution in [0.1, 0.15) is 32.1 Å². The molecule has 1 atom stereocenters. The molecule has 1 unspecified atom stereocenters. The van der Waals surface area contributed by atoms with Gasteiger partial charge in [0.05, 0.1) is 0 Å². The van der Waals surface area contributed by atoms with Crippen LogP contribution in [0.3, 0.4) is 0 Å². The fraction of sp³-hybridized carbons (Fsp3) is 0.625. The van der Waals surface area contributed by atoms with Crippen molar-refractivity contribution >= 4 is 11.8 Å². The molecule has 2 fully saturated rings. The van der Waals surface area contributed by atoms with Crippen molar-refractivity contribution < 1.29 is 9.90 Å². The second-order valence-electron chi connectivity index (χ2n) is 6.33. The molecule has 1 saturated heterocycles. The van der Waals surface area contributed by atoms with Crippen LogP contribution < -0.4 is 15.5 Å². The van der Waals surface area contributed by atoms with Gasteiger partial charge >= 0.3 is 6.03 Å². The van der Waals surface area contributed by atoms with E-state index in [-0.39, 0.29) is 24.2 Å². The van der Waals surface area contributed by atoms with Crippen molar-refractivity contribution in [1.82, 2.24) is 15.6 Å². The van der Waals surface area contributed by atoms with Crippen LogP contribution in [0.4, 0.5) is 10.6 Å².